The molecule has 0 radical (unpaired) electrons. The van der Waals surface area contributed by atoms with E-state index in [0.717, 1.165) is 4.90 Å². The number of methoxy groups -OCH3 is 1. The van der Waals surface area contributed by atoms with Crippen LogP contribution in [0.5, 0.6) is 0 Å². The molecule has 3 nitrogen and oxygen atoms in total. The monoisotopic (exact) mass is 235 g/mol. The molecule has 1 aromatic rings. The van der Waals surface area contributed by atoms with Crippen molar-refractivity contribution in [3.05, 3.63) is 29.8 Å². The molecular formula is C12H13NO2S. The Bertz CT molecular complexity index is 394. The maximum Gasteiger partial charge on any atom is 0.309 e. The summed E-state index contributed by atoms with van der Waals surface area (Å²) >= 11 is 1.58. The third-order valence-electron chi connectivity index (χ3n) is 2.09. The van der Waals surface area contributed by atoms with Gasteiger partial charge in [0.25, 0.3) is 0 Å². The first-order valence-electron chi connectivity index (χ1n) is 4.88. The van der Waals surface area contributed by atoms with E-state index in [2.05, 4.69) is 10.8 Å². The third-order valence-corrected chi connectivity index (χ3v) is 3.36. The second-order valence-electron chi connectivity index (χ2n) is 3.37. The molecule has 1 unspecified atom stereocenters. The summed E-state index contributed by atoms with van der Waals surface area (Å²) in [6, 6.07) is 9.37. The normalized spacial score (nSPS) is 11.6. The van der Waals surface area contributed by atoms with Crippen LogP contribution >= 0.6 is 11.8 Å². The summed E-state index contributed by atoms with van der Waals surface area (Å²) in [5, 5.41) is 8.63. The van der Waals surface area contributed by atoms with Crippen LogP contribution in [0.1, 0.15) is 12.5 Å². The van der Waals surface area contributed by atoms with E-state index in [0.29, 0.717) is 11.3 Å². The zero-order valence-corrected chi connectivity index (χ0v) is 10.1. The molecule has 0 heterocycles. The van der Waals surface area contributed by atoms with E-state index in [4.69, 9.17) is 5.26 Å². The quantitative estimate of drug-likeness (QED) is 0.594. The van der Waals surface area contributed by atoms with Crippen molar-refractivity contribution < 1.29 is 9.53 Å². The van der Waals surface area contributed by atoms with Crippen LogP contribution in [-0.2, 0) is 9.53 Å². The first-order chi connectivity index (χ1) is 7.67. The van der Waals surface area contributed by atoms with E-state index in [1.165, 1.54) is 7.11 Å². The van der Waals surface area contributed by atoms with Gasteiger partial charge in [0.15, 0.2) is 0 Å². The van der Waals surface area contributed by atoms with Gasteiger partial charge in [0.05, 0.1) is 24.7 Å². The Morgan fingerprint density at radius 1 is 1.50 bits per heavy atom. The molecule has 0 aliphatic rings. The number of carbonyl (C=O) groups excluding carboxylic acids is 1. The van der Waals surface area contributed by atoms with Gasteiger partial charge in [-0.05, 0) is 24.3 Å². The summed E-state index contributed by atoms with van der Waals surface area (Å²) in [5.41, 5.74) is 0.644. The number of nitriles is 1. The van der Waals surface area contributed by atoms with Crippen molar-refractivity contribution in [2.75, 3.05) is 12.9 Å². The van der Waals surface area contributed by atoms with Gasteiger partial charge in [-0.15, -0.1) is 11.8 Å². The molecule has 4 heteroatoms. The standard InChI is InChI=1S/C12H13NO2S/c1-9(12(14)15-2)8-16-11-5-3-10(7-13)4-6-11/h3-6,9H,8H2,1-2H3. The summed E-state index contributed by atoms with van der Waals surface area (Å²) in [5.74, 6) is 0.366. The fourth-order valence-corrected chi connectivity index (χ4v) is 2.02. The van der Waals surface area contributed by atoms with Gasteiger partial charge in [0.1, 0.15) is 0 Å². The molecule has 0 N–H and O–H groups in total. The molecule has 84 valence electrons. The molecule has 0 saturated carbocycles. The van der Waals surface area contributed by atoms with Crippen LogP contribution in [0.4, 0.5) is 0 Å². The fraction of sp³-hybridized carbons (Fsp3) is 0.333. The van der Waals surface area contributed by atoms with Crippen molar-refractivity contribution in [1.82, 2.24) is 0 Å². The smallest absolute Gasteiger partial charge is 0.309 e. The van der Waals surface area contributed by atoms with E-state index in [1.807, 2.05) is 19.1 Å². The summed E-state index contributed by atoms with van der Waals surface area (Å²) < 4.78 is 4.64. The van der Waals surface area contributed by atoms with Crippen LogP contribution in [0.15, 0.2) is 29.2 Å². The minimum atomic E-state index is -0.193. The van der Waals surface area contributed by atoms with E-state index in [1.54, 1.807) is 23.9 Å². The Morgan fingerprint density at radius 2 is 2.12 bits per heavy atom. The van der Waals surface area contributed by atoms with E-state index >= 15 is 0 Å². The number of nitrogens with zero attached hydrogens (tertiary/aromatic N) is 1. The number of rotatable bonds is 4. The molecule has 0 fully saturated rings. The van der Waals surface area contributed by atoms with E-state index in [9.17, 15) is 4.79 Å². The van der Waals surface area contributed by atoms with Crippen LogP contribution in [0.3, 0.4) is 0 Å². The molecular weight excluding hydrogens is 222 g/mol. The molecule has 0 bridgehead atoms. The first-order valence-corrected chi connectivity index (χ1v) is 5.86. The van der Waals surface area contributed by atoms with Crippen molar-refractivity contribution in [2.24, 2.45) is 5.92 Å². The lowest BCUT2D eigenvalue weighted by Crippen LogP contribution is -2.14. The number of ether oxygens (including phenoxy) is 1. The molecule has 0 aromatic heterocycles. The number of benzene rings is 1. The second kappa shape index (κ2) is 6.19. The largest absolute Gasteiger partial charge is 0.469 e. The lowest BCUT2D eigenvalue weighted by Gasteiger charge is -2.08. The van der Waals surface area contributed by atoms with Gasteiger partial charge in [-0.1, -0.05) is 6.92 Å². The minimum Gasteiger partial charge on any atom is -0.469 e. The topological polar surface area (TPSA) is 50.1 Å². The average molecular weight is 235 g/mol. The molecule has 0 aliphatic heterocycles. The molecule has 16 heavy (non-hydrogen) atoms. The number of esters is 1. The Hall–Kier alpha value is -1.47. The van der Waals surface area contributed by atoms with Gasteiger partial charge in [-0.2, -0.15) is 5.26 Å². The van der Waals surface area contributed by atoms with Crippen molar-refractivity contribution in [1.29, 1.82) is 5.26 Å². The van der Waals surface area contributed by atoms with Crippen molar-refractivity contribution in [3.8, 4) is 6.07 Å². The van der Waals surface area contributed by atoms with Crippen LogP contribution in [0.2, 0.25) is 0 Å². The highest BCUT2D eigenvalue weighted by Crippen LogP contribution is 2.21. The summed E-state index contributed by atoms with van der Waals surface area (Å²) in [7, 11) is 1.39. The number of hydrogen-bond donors (Lipinski definition) is 0. The summed E-state index contributed by atoms with van der Waals surface area (Å²) in [4.78, 5) is 12.2. The van der Waals surface area contributed by atoms with Crippen LogP contribution in [0.25, 0.3) is 0 Å². The zero-order valence-electron chi connectivity index (χ0n) is 9.27. The Labute approximate surface area is 99.4 Å². The predicted octanol–water partition coefficient (Wildman–Crippen LogP) is 2.46. The lowest BCUT2D eigenvalue weighted by atomic mass is 10.2. The first kappa shape index (κ1) is 12.6. The van der Waals surface area contributed by atoms with Gasteiger partial charge in [-0.25, -0.2) is 0 Å². The van der Waals surface area contributed by atoms with Gasteiger partial charge < -0.3 is 4.74 Å². The van der Waals surface area contributed by atoms with Crippen molar-refractivity contribution in [3.63, 3.8) is 0 Å². The Balaban J connectivity index is 2.49. The number of hydrogen-bond acceptors (Lipinski definition) is 4. The van der Waals surface area contributed by atoms with Crippen molar-refractivity contribution in [2.45, 2.75) is 11.8 Å². The molecule has 0 aliphatic carbocycles. The molecule has 0 amide bonds. The van der Waals surface area contributed by atoms with E-state index in [-0.39, 0.29) is 11.9 Å². The minimum absolute atomic E-state index is 0.120. The fourth-order valence-electron chi connectivity index (χ4n) is 1.12. The second-order valence-corrected chi connectivity index (χ2v) is 4.46. The van der Waals surface area contributed by atoms with Crippen molar-refractivity contribution >= 4 is 17.7 Å². The zero-order chi connectivity index (χ0) is 12.0. The number of thioether (sulfide) groups is 1. The average Bonchev–Trinajstić information content (AvgIpc) is 2.35. The Morgan fingerprint density at radius 3 is 2.62 bits per heavy atom. The highest BCUT2D eigenvalue weighted by molar-refractivity contribution is 7.99. The lowest BCUT2D eigenvalue weighted by molar-refractivity contribution is -0.143. The van der Waals surface area contributed by atoms with Crippen LogP contribution in [0, 0.1) is 17.2 Å². The van der Waals surface area contributed by atoms with Gasteiger partial charge in [0.2, 0.25) is 0 Å². The van der Waals surface area contributed by atoms with Gasteiger partial charge >= 0.3 is 5.97 Å². The van der Waals surface area contributed by atoms with Crippen LogP contribution in [-0.4, -0.2) is 18.8 Å². The summed E-state index contributed by atoms with van der Waals surface area (Å²) in [6.07, 6.45) is 0. The Kier molecular flexibility index (Phi) is 4.87. The maximum absolute atomic E-state index is 11.2. The SMILES string of the molecule is COC(=O)C(C)CSc1ccc(C#N)cc1. The van der Waals surface area contributed by atoms with E-state index < -0.39 is 0 Å². The predicted molar refractivity (Wildman–Crippen MR) is 63.1 cm³/mol. The maximum atomic E-state index is 11.2. The highest BCUT2D eigenvalue weighted by atomic mass is 32.2. The molecule has 1 aromatic carbocycles. The third kappa shape index (κ3) is 3.59. The number of carbonyl (C=O) groups is 1. The molecule has 0 spiro atoms. The molecule has 0 saturated heterocycles. The van der Waals surface area contributed by atoms with Gasteiger partial charge in [-0.3, -0.25) is 4.79 Å². The molecule has 1 atom stereocenters. The van der Waals surface area contributed by atoms with Crippen LogP contribution < -0.4 is 0 Å². The van der Waals surface area contributed by atoms with Gasteiger partial charge in [0, 0.05) is 10.6 Å². The molecule has 1 rings (SSSR count). The highest BCUT2D eigenvalue weighted by Gasteiger charge is 2.12. The summed E-state index contributed by atoms with van der Waals surface area (Å²) in [6.45, 7) is 1.84.